The molecule has 1 fully saturated rings. The van der Waals surface area contributed by atoms with Crippen molar-refractivity contribution in [3.63, 3.8) is 0 Å². The third kappa shape index (κ3) is 6.84. The van der Waals surface area contributed by atoms with Crippen LogP contribution < -0.4 is 10.6 Å². The summed E-state index contributed by atoms with van der Waals surface area (Å²) in [6, 6.07) is 17.1. The number of urea groups is 1. The number of amides is 3. The van der Waals surface area contributed by atoms with E-state index in [0.717, 1.165) is 12.1 Å². The van der Waals surface area contributed by atoms with Gasteiger partial charge in [-0.15, -0.1) is 0 Å². The van der Waals surface area contributed by atoms with Gasteiger partial charge in [-0.05, 0) is 49.4 Å². The predicted molar refractivity (Wildman–Crippen MR) is 119 cm³/mol. The molecule has 1 aliphatic heterocycles. The van der Waals surface area contributed by atoms with Crippen LogP contribution in [0.25, 0.3) is 0 Å². The highest BCUT2D eigenvalue weighted by Gasteiger charge is 2.28. The second kappa shape index (κ2) is 11.2. The number of nitrogens with one attached hydrogen (secondary N) is 2. The standard InChI is InChI=1S/C24H29N3O4/c1-18-7-5-6-8-19(18)11-14-25-22(28)17-31-23(29)20-12-15-27(16-13-20)24(30)26-21-9-3-2-4-10-21/h2-10,20H,11-17H2,1H3,(H,25,28)(H,26,30). The number of esters is 1. The van der Waals surface area contributed by atoms with Crippen molar-refractivity contribution in [2.75, 3.05) is 31.6 Å². The monoisotopic (exact) mass is 423 g/mol. The Labute approximate surface area is 182 Å². The molecule has 164 valence electrons. The van der Waals surface area contributed by atoms with Crippen LogP contribution in [0.5, 0.6) is 0 Å². The van der Waals surface area contributed by atoms with Crippen LogP contribution in [0.15, 0.2) is 54.6 Å². The first-order valence-electron chi connectivity index (χ1n) is 10.6. The fraction of sp³-hybridized carbons (Fsp3) is 0.375. The molecule has 1 saturated heterocycles. The third-order valence-electron chi connectivity index (χ3n) is 5.46. The third-order valence-corrected chi connectivity index (χ3v) is 5.46. The highest BCUT2D eigenvalue weighted by atomic mass is 16.5. The molecule has 0 saturated carbocycles. The minimum atomic E-state index is -0.378. The Bertz CT molecular complexity index is 893. The lowest BCUT2D eigenvalue weighted by Gasteiger charge is -2.30. The fourth-order valence-electron chi connectivity index (χ4n) is 3.58. The molecule has 2 aromatic carbocycles. The van der Waals surface area contributed by atoms with E-state index in [2.05, 4.69) is 10.6 Å². The highest BCUT2D eigenvalue weighted by molar-refractivity contribution is 5.89. The summed E-state index contributed by atoms with van der Waals surface area (Å²) in [5, 5.41) is 5.63. The number of carbonyl (C=O) groups excluding carboxylic acids is 3. The Morgan fingerprint density at radius 1 is 1.00 bits per heavy atom. The van der Waals surface area contributed by atoms with Crippen LogP contribution in [0.2, 0.25) is 0 Å². The maximum atomic E-state index is 12.3. The van der Waals surface area contributed by atoms with E-state index >= 15 is 0 Å². The molecule has 3 amide bonds. The number of aryl methyl sites for hydroxylation is 1. The summed E-state index contributed by atoms with van der Waals surface area (Å²) in [6.07, 6.45) is 1.78. The summed E-state index contributed by atoms with van der Waals surface area (Å²) in [4.78, 5) is 38.3. The van der Waals surface area contributed by atoms with Crippen LogP contribution in [0.3, 0.4) is 0 Å². The summed E-state index contributed by atoms with van der Waals surface area (Å²) in [6.45, 7) is 3.20. The van der Waals surface area contributed by atoms with E-state index in [9.17, 15) is 14.4 Å². The van der Waals surface area contributed by atoms with E-state index in [4.69, 9.17) is 4.74 Å². The zero-order valence-electron chi connectivity index (χ0n) is 17.8. The molecule has 3 rings (SSSR count). The average molecular weight is 424 g/mol. The van der Waals surface area contributed by atoms with Crippen molar-refractivity contribution in [3.05, 3.63) is 65.7 Å². The van der Waals surface area contributed by atoms with Crippen LogP contribution in [0.1, 0.15) is 24.0 Å². The summed E-state index contributed by atoms with van der Waals surface area (Å²) in [5.41, 5.74) is 3.11. The first-order valence-corrected chi connectivity index (χ1v) is 10.6. The molecule has 31 heavy (non-hydrogen) atoms. The summed E-state index contributed by atoms with van der Waals surface area (Å²) in [5.74, 6) is -0.973. The summed E-state index contributed by atoms with van der Waals surface area (Å²) in [7, 11) is 0. The van der Waals surface area contributed by atoms with Gasteiger partial charge in [0, 0.05) is 25.3 Å². The van der Waals surface area contributed by atoms with Gasteiger partial charge in [-0.3, -0.25) is 9.59 Å². The molecule has 7 heteroatoms. The predicted octanol–water partition coefficient (Wildman–Crippen LogP) is 3.14. The van der Waals surface area contributed by atoms with Gasteiger partial charge in [0.05, 0.1) is 5.92 Å². The Morgan fingerprint density at radius 3 is 2.39 bits per heavy atom. The number of ether oxygens (including phenoxy) is 1. The molecule has 0 unspecified atom stereocenters. The number of nitrogens with zero attached hydrogens (tertiary/aromatic N) is 1. The number of hydrogen-bond donors (Lipinski definition) is 2. The average Bonchev–Trinajstić information content (AvgIpc) is 2.79. The molecular weight excluding hydrogens is 394 g/mol. The molecule has 2 N–H and O–H groups in total. The van der Waals surface area contributed by atoms with Gasteiger partial charge in [-0.1, -0.05) is 42.5 Å². The van der Waals surface area contributed by atoms with Crippen molar-refractivity contribution in [2.45, 2.75) is 26.2 Å². The largest absolute Gasteiger partial charge is 0.455 e. The van der Waals surface area contributed by atoms with E-state index in [1.165, 1.54) is 11.1 Å². The second-order valence-electron chi connectivity index (χ2n) is 7.69. The van der Waals surface area contributed by atoms with Crippen LogP contribution in [-0.2, 0) is 20.7 Å². The van der Waals surface area contributed by atoms with Gasteiger partial charge in [-0.2, -0.15) is 0 Å². The fourth-order valence-corrected chi connectivity index (χ4v) is 3.58. The maximum Gasteiger partial charge on any atom is 0.321 e. The van der Waals surface area contributed by atoms with Crippen molar-refractivity contribution in [3.8, 4) is 0 Å². The topological polar surface area (TPSA) is 87.7 Å². The van der Waals surface area contributed by atoms with E-state index in [1.54, 1.807) is 4.90 Å². The lowest BCUT2D eigenvalue weighted by atomic mass is 9.97. The number of rotatable bonds is 7. The molecule has 0 spiro atoms. The number of anilines is 1. The summed E-state index contributed by atoms with van der Waals surface area (Å²) >= 11 is 0. The van der Waals surface area contributed by atoms with Gasteiger partial charge >= 0.3 is 12.0 Å². The van der Waals surface area contributed by atoms with Crippen molar-refractivity contribution in [1.29, 1.82) is 0 Å². The number of para-hydroxylation sites is 1. The molecule has 2 aromatic rings. The van der Waals surface area contributed by atoms with E-state index < -0.39 is 0 Å². The molecule has 0 aromatic heterocycles. The Hall–Kier alpha value is -3.35. The van der Waals surface area contributed by atoms with Crippen LogP contribution in [0, 0.1) is 12.8 Å². The first-order chi connectivity index (χ1) is 15.0. The Balaban J connectivity index is 1.32. The zero-order valence-corrected chi connectivity index (χ0v) is 17.8. The van der Waals surface area contributed by atoms with E-state index in [1.807, 2.05) is 61.5 Å². The maximum absolute atomic E-state index is 12.3. The number of piperidine rings is 1. The van der Waals surface area contributed by atoms with Crippen molar-refractivity contribution in [1.82, 2.24) is 10.2 Å². The lowest BCUT2D eigenvalue weighted by molar-refractivity contribution is -0.153. The number of carbonyl (C=O) groups is 3. The quantitative estimate of drug-likeness (QED) is 0.670. The molecular formula is C24H29N3O4. The SMILES string of the molecule is Cc1ccccc1CCNC(=O)COC(=O)C1CCN(C(=O)Nc2ccccc2)CC1. The van der Waals surface area contributed by atoms with Gasteiger partial charge in [-0.25, -0.2) is 4.79 Å². The van der Waals surface area contributed by atoms with Crippen molar-refractivity contribution in [2.24, 2.45) is 5.92 Å². The Kier molecular flexibility index (Phi) is 8.04. The second-order valence-corrected chi connectivity index (χ2v) is 7.69. The van der Waals surface area contributed by atoms with Gasteiger partial charge in [0.1, 0.15) is 0 Å². The lowest BCUT2D eigenvalue weighted by Crippen LogP contribution is -2.43. The molecule has 1 aliphatic rings. The van der Waals surface area contributed by atoms with Gasteiger partial charge < -0.3 is 20.3 Å². The normalized spacial score (nSPS) is 14.0. The van der Waals surface area contributed by atoms with Gasteiger partial charge in [0.15, 0.2) is 6.61 Å². The Morgan fingerprint density at radius 2 is 1.68 bits per heavy atom. The van der Waals surface area contributed by atoms with Crippen LogP contribution >= 0.6 is 0 Å². The highest BCUT2D eigenvalue weighted by Crippen LogP contribution is 2.19. The van der Waals surface area contributed by atoms with E-state index in [0.29, 0.717) is 32.5 Å². The number of benzene rings is 2. The van der Waals surface area contributed by atoms with Crippen molar-refractivity contribution < 1.29 is 19.1 Å². The number of hydrogen-bond acceptors (Lipinski definition) is 4. The van der Waals surface area contributed by atoms with E-state index in [-0.39, 0.29) is 30.4 Å². The minimum Gasteiger partial charge on any atom is -0.455 e. The smallest absolute Gasteiger partial charge is 0.321 e. The molecule has 0 atom stereocenters. The molecule has 0 radical (unpaired) electrons. The molecule has 1 heterocycles. The first kappa shape index (κ1) is 22.3. The van der Waals surface area contributed by atoms with Crippen LogP contribution in [-0.4, -0.2) is 49.0 Å². The van der Waals surface area contributed by atoms with Gasteiger partial charge in [0.2, 0.25) is 0 Å². The molecule has 7 nitrogen and oxygen atoms in total. The molecule has 0 bridgehead atoms. The zero-order chi connectivity index (χ0) is 22.1. The summed E-state index contributed by atoms with van der Waals surface area (Å²) < 4.78 is 5.19. The minimum absolute atomic E-state index is 0.175. The number of likely N-dealkylation sites (tertiary alicyclic amines) is 1. The van der Waals surface area contributed by atoms with Crippen molar-refractivity contribution >= 4 is 23.6 Å². The van der Waals surface area contributed by atoms with Crippen LogP contribution in [0.4, 0.5) is 10.5 Å². The van der Waals surface area contributed by atoms with Gasteiger partial charge in [0.25, 0.3) is 5.91 Å². The molecule has 0 aliphatic carbocycles.